The van der Waals surface area contributed by atoms with Crippen LogP contribution in [0.4, 0.5) is 4.39 Å². The molecule has 0 unspecified atom stereocenters. The van der Waals surface area contributed by atoms with Crippen molar-refractivity contribution in [1.82, 2.24) is 0 Å². The van der Waals surface area contributed by atoms with Crippen molar-refractivity contribution in [3.05, 3.63) is 65.1 Å². The normalized spacial score (nSPS) is 15.2. The van der Waals surface area contributed by atoms with Gasteiger partial charge in [0, 0.05) is 6.07 Å². The van der Waals surface area contributed by atoms with Gasteiger partial charge >= 0.3 is 5.97 Å². The molecule has 0 fully saturated rings. The highest BCUT2D eigenvalue weighted by molar-refractivity contribution is 6.12. The first kappa shape index (κ1) is 15.7. The van der Waals surface area contributed by atoms with Gasteiger partial charge in [-0.2, -0.15) is 0 Å². The van der Waals surface area contributed by atoms with Crippen molar-refractivity contribution in [2.45, 2.75) is 0 Å². The second-order valence-corrected chi connectivity index (χ2v) is 4.96. The summed E-state index contributed by atoms with van der Waals surface area (Å²) in [5.74, 6) is -0.0562. The molecular weight excluding hydrogens is 313 g/mol. The molecule has 6 heteroatoms. The van der Waals surface area contributed by atoms with Crippen molar-refractivity contribution in [3.63, 3.8) is 0 Å². The molecular formula is C18H14FNO4. The Morgan fingerprint density at radius 2 is 1.75 bits per heavy atom. The minimum atomic E-state index is -0.643. The van der Waals surface area contributed by atoms with Gasteiger partial charge in [0.05, 0.1) is 19.8 Å². The molecule has 0 amide bonds. The molecule has 1 heterocycles. The van der Waals surface area contributed by atoms with E-state index in [-0.39, 0.29) is 17.2 Å². The molecule has 0 radical (unpaired) electrons. The maximum Gasteiger partial charge on any atom is 0.363 e. The van der Waals surface area contributed by atoms with Crippen LogP contribution in [0.3, 0.4) is 0 Å². The molecule has 0 saturated carbocycles. The number of rotatable bonds is 4. The van der Waals surface area contributed by atoms with Gasteiger partial charge in [-0.15, -0.1) is 0 Å². The highest BCUT2D eigenvalue weighted by Gasteiger charge is 2.25. The number of nitrogens with zero attached hydrogens (tertiary/aromatic N) is 1. The molecule has 24 heavy (non-hydrogen) atoms. The van der Waals surface area contributed by atoms with Crippen LogP contribution in [0.5, 0.6) is 11.5 Å². The van der Waals surface area contributed by atoms with Gasteiger partial charge in [-0.05, 0) is 35.9 Å². The summed E-state index contributed by atoms with van der Waals surface area (Å²) in [6.45, 7) is 0. The van der Waals surface area contributed by atoms with Crippen LogP contribution in [-0.2, 0) is 9.53 Å². The predicted molar refractivity (Wildman–Crippen MR) is 86.6 cm³/mol. The quantitative estimate of drug-likeness (QED) is 0.639. The summed E-state index contributed by atoms with van der Waals surface area (Å²) < 4.78 is 29.2. The molecule has 122 valence electrons. The van der Waals surface area contributed by atoms with E-state index in [1.54, 1.807) is 30.3 Å². The Kier molecular flexibility index (Phi) is 4.29. The van der Waals surface area contributed by atoms with Crippen molar-refractivity contribution >= 4 is 17.9 Å². The van der Waals surface area contributed by atoms with Crippen LogP contribution in [-0.4, -0.2) is 26.1 Å². The molecule has 0 saturated heterocycles. The Morgan fingerprint density at radius 1 is 1.08 bits per heavy atom. The van der Waals surface area contributed by atoms with E-state index in [9.17, 15) is 9.18 Å². The van der Waals surface area contributed by atoms with Crippen LogP contribution in [0.15, 0.2) is 53.2 Å². The fourth-order valence-electron chi connectivity index (χ4n) is 2.23. The summed E-state index contributed by atoms with van der Waals surface area (Å²) in [4.78, 5) is 16.1. The van der Waals surface area contributed by atoms with E-state index >= 15 is 0 Å². The summed E-state index contributed by atoms with van der Waals surface area (Å²) in [5.41, 5.74) is 0.859. The topological polar surface area (TPSA) is 57.1 Å². The number of benzene rings is 2. The van der Waals surface area contributed by atoms with Gasteiger partial charge in [0.15, 0.2) is 5.70 Å². The molecule has 2 aromatic rings. The highest BCUT2D eigenvalue weighted by atomic mass is 19.1. The molecule has 0 bridgehead atoms. The van der Waals surface area contributed by atoms with E-state index in [0.717, 1.165) is 0 Å². The van der Waals surface area contributed by atoms with Gasteiger partial charge < -0.3 is 14.2 Å². The molecule has 0 atom stereocenters. The van der Waals surface area contributed by atoms with Crippen LogP contribution in [0.1, 0.15) is 11.1 Å². The average molecular weight is 327 g/mol. The fourth-order valence-corrected chi connectivity index (χ4v) is 2.23. The van der Waals surface area contributed by atoms with E-state index in [2.05, 4.69) is 4.99 Å². The summed E-state index contributed by atoms with van der Waals surface area (Å²) in [7, 11) is 3.06. The molecule has 0 aliphatic carbocycles. The molecule has 2 aromatic carbocycles. The second-order valence-electron chi connectivity index (χ2n) is 4.96. The summed E-state index contributed by atoms with van der Waals surface area (Å²) in [6.07, 6.45) is 1.53. The number of hydrogen-bond acceptors (Lipinski definition) is 5. The SMILES string of the molecule is COc1cc(/C=C2\N=C(c3ccccc3F)OC2=O)cc(OC)c1. The van der Waals surface area contributed by atoms with Gasteiger partial charge in [-0.1, -0.05) is 12.1 Å². The standard InChI is InChI=1S/C18H14FNO4/c1-22-12-7-11(8-13(10-12)23-2)9-16-18(21)24-17(20-16)14-5-3-4-6-15(14)19/h3-10H,1-2H3/b16-9-. The Morgan fingerprint density at radius 3 is 2.38 bits per heavy atom. The van der Waals surface area contributed by atoms with Gasteiger partial charge in [0.25, 0.3) is 0 Å². The fraction of sp³-hybridized carbons (Fsp3) is 0.111. The number of carbonyl (C=O) groups excluding carboxylic acids is 1. The van der Waals surface area contributed by atoms with Gasteiger partial charge in [-0.3, -0.25) is 0 Å². The summed E-state index contributed by atoms with van der Waals surface area (Å²) >= 11 is 0. The minimum Gasteiger partial charge on any atom is -0.497 e. The Hall–Kier alpha value is -3.15. The maximum absolute atomic E-state index is 13.8. The molecule has 1 aliphatic rings. The molecule has 5 nitrogen and oxygen atoms in total. The van der Waals surface area contributed by atoms with E-state index in [0.29, 0.717) is 17.1 Å². The van der Waals surface area contributed by atoms with Crippen molar-refractivity contribution in [2.24, 2.45) is 4.99 Å². The van der Waals surface area contributed by atoms with Crippen LogP contribution in [0.2, 0.25) is 0 Å². The highest BCUT2D eigenvalue weighted by Crippen LogP contribution is 2.26. The Bertz CT molecular complexity index is 836. The summed E-state index contributed by atoms with van der Waals surface area (Å²) in [6, 6.07) is 11.1. The molecule has 0 N–H and O–H groups in total. The van der Waals surface area contributed by atoms with Crippen molar-refractivity contribution in [3.8, 4) is 11.5 Å². The molecule has 3 rings (SSSR count). The Labute approximate surface area is 138 Å². The first-order valence-corrected chi connectivity index (χ1v) is 7.11. The predicted octanol–water partition coefficient (Wildman–Crippen LogP) is 3.19. The molecule has 0 spiro atoms. The zero-order chi connectivity index (χ0) is 17.1. The number of cyclic esters (lactones) is 1. The number of carbonyl (C=O) groups is 1. The number of hydrogen-bond donors (Lipinski definition) is 0. The average Bonchev–Trinajstić information content (AvgIpc) is 2.95. The van der Waals surface area contributed by atoms with Gasteiger partial charge in [0.1, 0.15) is 17.3 Å². The van der Waals surface area contributed by atoms with E-state index in [4.69, 9.17) is 14.2 Å². The zero-order valence-electron chi connectivity index (χ0n) is 13.1. The Balaban J connectivity index is 1.99. The second kappa shape index (κ2) is 6.54. The van der Waals surface area contributed by atoms with Crippen molar-refractivity contribution in [2.75, 3.05) is 14.2 Å². The first-order valence-electron chi connectivity index (χ1n) is 7.11. The monoisotopic (exact) mass is 327 g/mol. The van der Waals surface area contributed by atoms with Gasteiger partial charge in [-0.25, -0.2) is 14.2 Å². The zero-order valence-corrected chi connectivity index (χ0v) is 13.1. The van der Waals surface area contributed by atoms with E-state index in [1.807, 2.05) is 0 Å². The lowest BCUT2D eigenvalue weighted by molar-refractivity contribution is -0.129. The van der Waals surface area contributed by atoms with Crippen LogP contribution >= 0.6 is 0 Å². The largest absolute Gasteiger partial charge is 0.497 e. The summed E-state index contributed by atoms with van der Waals surface area (Å²) in [5, 5.41) is 0. The molecule has 0 aromatic heterocycles. The minimum absolute atomic E-state index is 0.0563. The van der Waals surface area contributed by atoms with Crippen LogP contribution in [0.25, 0.3) is 6.08 Å². The molecule has 1 aliphatic heterocycles. The third kappa shape index (κ3) is 3.12. The van der Waals surface area contributed by atoms with Gasteiger partial charge in [0.2, 0.25) is 5.90 Å². The third-order valence-electron chi connectivity index (χ3n) is 3.40. The smallest absolute Gasteiger partial charge is 0.363 e. The number of halogens is 1. The van der Waals surface area contributed by atoms with Crippen LogP contribution in [0, 0.1) is 5.82 Å². The lowest BCUT2D eigenvalue weighted by atomic mass is 10.1. The maximum atomic E-state index is 13.8. The number of ether oxygens (including phenoxy) is 3. The van der Waals surface area contributed by atoms with Crippen molar-refractivity contribution < 1.29 is 23.4 Å². The number of aliphatic imine (C=N–C) groups is 1. The lowest BCUT2D eigenvalue weighted by Crippen LogP contribution is -2.07. The number of methoxy groups -OCH3 is 2. The third-order valence-corrected chi connectivity index (χ3v) is 3.40. The number of esters is 1. The first-order chi connectivity index (χ1) is 11.6. The van der Waals surface area contributed by atoms with Crippen molar-refractivity contribution in [1.29, 1.82) is 0 Å². The van der Waals surface area contributed by atoms with E-state index < -0.39 is 11.8 Å². The lowest BCUT2D eigenvalue weighted by Gasteiger charge is -2.05. The van der Waals surface area contributed by atoms with Crippen LogP contribution < -0.4 is 9.47 Å². The van der Waals surface area contributed by atoms with E-state index in [1.165, 1.54) is 32.4 Å².